The molecule has 4 nitrogen and oxygen atoms in total. The second-order valence-electron chi connectivity index (χ2n) is 5.30. The molecule has 0 aliphatic carbocycles. The van der Waals surface area contributed by atoms with Crippen molar-refractivity contribution in [3.63, 3.8) is 0 Å². The van der Waals surface area contributed by atoms with Gasteiger partial charge in [0.2, 0.25) is 0 Å². The fourth-order valence-corrected chi connectivity index (χ4v) is 2.72. The summed E-state index contributed by atoms with van der Waals surface area (Å²) in [5.74, 6) is 0.510. The minimum absolute atomic E-state index is 0. The van der Waals surface area contributed by atoms with Crippen molar-refractivity contribution in [3.05, 3.63) is 42.1 Å². The van der Waals surface area contributed by atoms with Gasteiger partial charge in [0.25, 0.3) is 5.91 Å². The molecule has 1 aromatic heterocycles. The highest BCUT2D eigenvalue weighted by molar-refractivity contribution is 6.05. The molecule has 0 spiro atoms. The lowest BCUT2D eigenvalue weighted by Gasteiger charge is -2.22. The Hall–Kier alpha value is -1.36. The monoisotopic (exact) mass is 341 g/mol. The summed E-state index contributed by atoms with van der Waals surface area (Å²) < 4.78 is 0. The summed E-state index contributed by atoms with van der Waals surface area (Å²) in [5.41, 5.74) is 1.43. The molecule has 1 aliphatic rings. The first-order valence-corrected chi connectivity index (χ1v) is 7.17. The van der Waals surface area contributed by atoms with Crippen molar-refractivity contribution in [2.45, 2.75) is 12.8 Å². The average molecular weight is 342 g/mol. The van der Waals surface area contributed by atoms with Gasteiger partial charge in [-0.15, -0.1) is 24.8 Å². The van der Waals surface area contributed by atoms with Gasteiger partial charge in [-0.25, -0.2) is 0 Å². The number of carbonyl (C=O) groups excluding carboxylic acids is 1. The number of para-hydroxylation sites is 1. The number of aromatic nitrogens is 1. The number of benzene rings is 1. The number of pyridine rings is 1. The van der Waals surface area contributed by atoms with E-state index in [-0.39, 0.29) is 30.7 Å². The summed E-state index contributed by atoms with van der Waals surface area (Å²) in [7, 11) is 0. The first-order valence-electron chi connectivity index (χ1n) is 7.17. The first kappa shape index (κ1) is 18.7. The molecule has 2 heterocycles. The largest absolute Gasteiger partial charge is 0.352 e. The molecular formula is C16H21Cl2N3O. The molecule has 1 saturated heterocycles. The Morgan fingerprint density at radius 1 is 1.27 bits per heavy atom. The van der Waals surface area contributed by atoms with E-state index in [1.54, 1.807) is 6.20 Å². The number of nitrogens with one attached hydrogen (secondary N) is 2. The van der Waals surface area contributed by atoms with Gasteiger partial charge in [0.15, 0.2) is 0 Å². The van der Waals surface area contributed by atoms with Gasteiger partial charge in [0, 0.05) is 18.1 Å². The van der Waals surface area contributed by atoms with Crippen LogP contribution in [0.1, 0.15) is 23.2 Å². The smallest absolute Gasteiger partial charge is 0.253 e. The zero-order valence-electron chi connectivity index (χ0n) is 12.2. The van der Waals surface area contributed by atoms with E-state index in [4.69, 9.17) is 0 Å². The summed E-state index contributed by atoms with van der Waals surface area (Å²) in [6.07, 6.45) is 4.10. The number of amides is 1. The molecule has 1 atom stereocenters. The molecule has 1 aromatic carbocycles. The summed E-state index contributed by atoms with van der Waals surface area (Å²) in [5, 5.41) is 7.41. The van der Waals surface area contributed by atoms with Gasteiger partial charge >= 0.3 is 0 Å². The summed E-state index contributed by atoms with van der Waals surface area (Å²) in [6, 6.07) is 9.58. The molecular weight excluding hydrogens is 321 g/mol. The van der Waals surface area contributed by atoms with Crippen molar-refractivity contribution in [1.29, 1.82) is 0 Å². The molecule has 22 heavy (non-hydrogen) atoms. The predicted molar refractivity (Wildman–Crippen MR) is 94.2 cm³/mol. The maximum atomic E-state index is 12.3. The van der Waals surface area contributed by atoms with Crippen LogP contribution in [-0.4, -0.2) is 30.5 Å². The number of hydrogen-bond acceptors (Lipinski definition) is 3. The van der Waals surface area contributed by atoms with E-state index in [2.05, 4.69) is 15.6 Å². The number of hydrogen-bond donors (Lipinski definition) is 2. The summed E-state index contributed by atoms with van der Waals surface area (Å²) in [4.78, 5) is 16.7. The van der Waals surface area contributed by atoms with Crippen LogP contribution in [0.5, 0.6) is 0 Å². The van der Waals surface area contributed by atoms with Gasteiger partial charge in [0.1, 0.15) is 0 Å². The Balaban J connectivity index is 0.00000121. The van der Waals surface area contributed by atoms with E-state index in [0.29, 0.717) is 11.5 Å². The minimum atomic E-state index is -0.0279. The highest BCUT2D eigenvalue weighted by Gasteiger charge is 2.15. The molecule has 1 unspecified atom stereocenters. The van der Waals surface area contributed by atoms with Gasteiger partial charge in [-0.05, 0) is 44.0 Å². The number of carbonyl (C=O) groups is 1. The molecule has 0 radical (unpaired) electrons. The van der Waals surface area contributed by atoms with E-state index in [0.717, 1.165) is 30.5 Å². The quantitative estimate of drug-likeness (QED) is 0.902. The molecule has 120 valence electrons. The van der Waals surface area contributed by atoms with E-state index in [1.165, 1.54) is 12.8 Å². The third-order valence-electron chi connectivity index (χ3n) is 3.83. The van der Waals surface area contributed by atoms with Crippen molar-refractivity contribution in [1.82, 2.24) is 15.6 Å². The predicted octanol–water partition coefficient (Wildman–Crippen LogP) is 2.81. The third kappa shape index (κ3) is 4.32. The molecule has 2 N–H and O–H groups in total. The number of piperidine rings is 1. The topological polar surface area (TPSA) is 54.0 Å². The molecule has 2 aromatic rings. The molecule has 0 bridgehead atoms. The van der Waals surface area contributed by atoms with Crippen molar-refractivity contribution in [2.75, 3.05) is 19.6 Å². The Morgan fingerprint density at radius 3 is 2.86 bits per heavy atom. The van der Waals surface area contributed by atoms with Crippen molar-refractivity contribution in [3.8, 4) is 0 Å². The van der Waals surface area contributed by atoms with Crippen LogP contribution < -0.4 is 10.6 Å². The van der Waals surface area contributed by atoms with Crippen LogP contribution in [0, 0.1) is 5.92 Å². The van der Waals surface area contributed by atoms with Crippen LogP contribution in [0.3, 0.4) is 0 Å². The number of rotatable bonds is 3. The number of nitrogens with zero attached hydrogens (tertiary/aromatic N) is 1. The van der Waals surface area contributed by atoms with Crippen LogP contribution in [-0.2, 0) is 0 Å². The molecule has 1 fully saturated rings. The normalized spacial score (nSPS) is 17.2. The number of fused-ring (bicyclic) bond motifs is 1. The van der Waals surface area contributed by atoms with Crippen molar-refractivity contribution < 1.29 is 4.79 Å². The SMILES string of the molecule is Cl.Cl.O=C(NCC1CCCNC1)c1cccc2cccnc12. The Kier molecular flexibility index (Phi) is 7.59. The summed E-state index contributed by atoms with van der Waals surface area (Å²) in [6.45, 7) is 2.82. The second kappa shape index (κ2) is 8.93. The second-order valence-corrected chi connectivity index (χ2v) is 5.30. The zero-order chi connectivity index (χ0) is 13.8. The van der Waals surface area contributed by atoms with E-state index < -0.39 is 0 Å². The van der Waals surface area contributed by atoms with Gasteiger partial charge in [-0.3, -0.25) is 9.78 Å². The van der Waals surface area contributed by atoms with Gasteiger partial charge in [0.05, 0.1) is 11.1 Å². The summed E-state index contributed by atoms with van der Waals surface area (Å²) >= 11 is 0. The van der Waals surface area contributed by atoms with E-state index >= 15 is 0 Å². The minimum Gasteiger partial charge on any atom is -0.352 e. The van der Waals surface area contributed by atoms with Crippen LogP contribution in [0.15, 0.2) is 36.5 Å². The number of halogens is 2. The Morgan fingerprint density at radius 2 is 2.09 bits per heavy atom. The van der Waals surface area contributed by atoms with Crippen LogP contribution in [0.4, 0.5) is 0 Å². The molecule has 0 saturated carbocycles. The van der Waals surface area contributed by atoms with E-state index in [1.807, 2.05) is 30.3 Å². The van der Waals surface area contributed by atoms with Crippen molar-refractivity contribution in [2.24, 2.45) is 5.92 Å². The maximum absolute atomic E-state index is 12.3. The maximum Gasteiger partial charge on any atom is 0.253 e. The Bertz CT molecular complexity index is 610. The molecule has 6 heteroatoms. The highest BCUT2D eigenvalue weighted by Crippen LogP contribution is 2.16. The molecule has 1 aliphatic heterocycles. The average Bonchev–Trinajstić information content (AvgIpc) is 2.53. The highest BCUT2D eigenvalue weighted by atomic mass is 35.5. The fourth-order valence-electron chi connectivity index (χ4n) is 2.72. The lowest BCUT2D eigenvalue weighted by molar-refractivity contribution is 0.0946. The van der Waals surface area contributed by atoms with E-state index in [9.17, 15) is 4.79 Å². The van der Waals surface area contributed by atoms with Crippen LogP contribution in [0.25, 0.3) is 10.9 Å². The lowest BCUT2D eigenvalue weighted by atomic mass is 9.99. The Labute approximate surface area is 142 Å². The standard InChI is InChI=1S/C16H19N3O.2ClH/c20-16(19-11-12-4-2-8-17-10-12)14-7-1-5-13-6-3-9-18-15(13)14;;/h1,3,5-7,9,12,17H,2,4,8,10-11H2,(H,19,20);2*1H. The van der Waals surface area contributed by atoms with Gasteiger partial charge < -0.3 is 10.6 Å². The van der Waals surface area contributed by atoms with Crippen LogP contribution in [0.2, 0.25) is 0 Å². The molecule has 1 amide bonds. The van der Waals surface area contributed by atoms with Gasteiger partial charge in [-0.2, -0.15) is 0 Å². The third-order valence-corrected chi connectivity index (χ3v) is 3.83. The lowest BCUT2D eigenvalue weighted by Crippen LogP contribution is -2.38. The van der Waals surface area contributed by atoms with Crippen molar-refractivity contribution >= 4 is 41.6 Å². The van der Waals surface area contributed by atoms with Crippen LogP contribution >= 0.6 is 24.8 Å². The fraction of sp³-hybridized carbons (Fsp3) is 0.375. The van der Waals surface area contributed by atoms with Gasteiger partial charge in [-0.1, -0.05) is 18.2 Å². The first-order chi connectivity index (χ1) is 9.84. The molecule has 3 rings (SSSR count). The zero-order valence-corrected chi connectivity index (χ0v) is 13.9.